The van der Waals surface area contributed by atoms with E-state index in [0.717, 1.165) is 4.47 Å². The van der Waals surface area contributed by atoms with Crippen molar-refractivity contribution in [3.63, 3.8) is 0 Å². The maximum absolute atomic E-state index is 13.4. The van der Waals surface area contributed by atoms with Crippen molar-refractivity contribution in [3.8, 4) is 0 Å². The first kappa shape index (κ1) is 20.8. The Hall–Kier alpha value is -4.04. The van der Waals surface area contributed by atoms with Gasteiger partial charge in [-0.25, -0.2) is 4.98 Å². The van der Waals surface area contributed by atoms with Gasteiger partial charge in [-0.2, -0.15) is 0 Å². The summed E-state index contributed by atoms with van der Waals surface area (Å²) in [5.74, 6) is -0.593. The highest BCUT2D eigenvalue weighted by atomic mass is 79.9. The van der Waals surface area contributed by atoms with Gasteiger partial charge < -0.3 is 9.72 Å². The van der Waals surface area contributed by atoms with Gasteiger partial charge in [0.1, 0.15) is 17.8 Å². The number of carbonyl (C=O) groups excluding carboxylic acids is 2. The zero-order valence-electron chi connectivity index (χ0n) is 17.2. The van der Waals surface area contributed by atoms with E-state index in [2.05, 4.69) is 26.2 Å². The molecule has 0 aliphatic carbocycles. The zero-order valence-corrected chi connectivity index (χ0v) is 18.8. The average Bonchev–Trinajstić information content (AvgIpc) is 3.16. The predicted molar refractivity (Wildman–Crippen MR) is 130 cm³/mol. The normalized spacial score (nSPS) is 11.1. The second-order valence-corrected chi connectivity index (χ2v) is 8.38. The second kappa shape index (κ2) is 8.48. The van der Waals surface area contributed by atoms with Gasteiger partial charge in [0.25, 0.3) is 5.56 Å². The fraction of sp³-hybridized carbons (Fsp3) is 0.0400. The van der Waals surface area contributed by atoms with Gasteiger partial charge in [0.05, 0.1) is 17.2 Å². The molecular formula is C25H17BrN4O3. The molecule has 162 valence electrons. The molecule has 1 N–H and O–H groups in total. The Morgan fingerprint density at radius 2 is 1.76 bits per heavy atom. The lowest BCUT2D eigenvalue weighted by Gasteiger charge is -2.08. The Balaban J connectivity index is 1.58. The molecule has 5 rings (SSSR count). The number of anilines is 1. The van der Waals surface area contributed by atoms with Gasteiger partial charge in [-0.1, -0.05) is 58.4 Å². The van der Waals surface area contributed by atoms with Crippen LogP contribution in [0.1, 0.15) is 16.1 Å². The molecule has 3 heterocycles. The van der Waals surface area contributed by atoms with Crippen LogP contribution in [0.3, 0.4) is 0 Å². The van der Waals surface area contributed by atoms with Gasteiger partial charge in [-0.3, -0.25) is 19.0 Å². The summed E-state index contributed by atoms with van der Waals surface area (Å²) in [6.07, 6.45) is 3.04. The minimum atomic E-state index is -0.389. The van der Waals surface area contributed by atoms with Crippen molar-refractivity contribution >= 4 is 49.7 Å². The number of pyridine rings is 1. The molecule has 0 radical (unpaired) electrons. The van der Waals surface area contributed by atoms with Crippen LogP contribution in [0.2, 0.25) is 0 Å². The standard InChI is InChI=1S/C25H17BrN4O3/c26-17-9-6-10-18(13-17)28-20(31)14-29-15-27-22-21(25(29)33)19-11-4-5-12-30(19)23(22)24(32)16-7-2-1-3-8-16/h1-13,15H,14H2,(H,28,31). The lowest BCUT2D eigenvalue weighted by molar-refractivity contribution is -0.116. The number of hydrogen-bond acceptors (Lipinski definition) is 4. The van der Waals surface area contributed by atoms with Gasteiger partial charge in [0.2, 0.25) is 11.7 Å². The van der Waals surface area contributed by atoms with Crippen molar-refractivity contribution in [1.82, 2.24) is 14.0 Å². The van der Waals surface area contributed by atoms with Gasteiger partial charge >= 0.3 is 0 Å². The number of amides is 1. The lowest BCUT2D eigenvalue weighted by Crippen LogP contribution is -2.27. The van der Waals surface area contributed by atoms with Crippen LogP contribution in [0.15, 0.2) is 94.6 Å². The lowest BCUT2D eigenvalue weighted by atomic mass is 10.1. The Labute approximate surface area is 196 Å². The molecule has 0 atom stereocenters. The van der Waals surface area contributed by atoms with Gasteiger partial charge in [0, 0.05) is 21.9 Å². The number of benzene rings is 2. The zero-order chi connectivity index (χ0) is 22.9. The van der Waals surface area contributed by atoms with E-state index >= 15 is 0 Å². The fourth-order valence-corrected chi connectivity index (χ4v) is 4.23. The first-order valence-electron chi connectivity index (χ1n) is 10.2. The van der Waals surface area contributed by atoms with E-state index in [1.54, 1.807) is 71.3 Å². The van der Waals surface area contributed by atoms with E-state index in [-0.39, 0.29) is 23.8 Å². The van der Waals surface area contributed by atoms with Crippen LogP contribution in [0.25, 0.3) is 16.4 Å². The Kier molecular flexibility index (Phi) is 5.35. The van der Waals surface area contributed by atoms with Crippen molar-refractivity contribution in [3.05, 3.63) is 111 Å². The summed E-state index contributed by atoms with van der Waals surface area (Å²) in [7, 11) is 0. The smallest absolute Gasteiger partial charge is 0.263 e. The predicted octanol–water partition coefficient (Wildman–Crippen LogP) is 4.28. The second-order valence-electron chi connectivity index (χ2n) is 7.46. The van der Waals surface area contributed by atoms with Gasteiger partial charge in [0.15, 0.2) is 0 Å². The van der Waals surface area contributed by atoms with E-state index in [4.69, 9.17) is 0 Å². The van der Waals surface area contributed by atoms with Crippen LogP contribution in [0.5, 0.6) is 0 Å². The van der Waals surface area contributed by atoms with Crippen molar-refractivity contribution in [2.45, 2.75) is 6.54 Å². The largest absolute Gasteiger partial charge is 0.324 e. The van der Waals surface area contributed by atoms with Crippen molar-refractivity contribution in [2.75, 3.05) is 5.32 Å². The molecule has 33 heavy (non-hydrogen) atoms. The number of rotatable bonds is 5. The third kappa shape index (κ3) is 3.85. The first-order chi connectivity index (χ1) is 16.0. The molecule has 0 aliphatic heterocycles. The quantitative estimate of drug-likeness (QED) is 0.365. The minimum Gasteiger partial charge on any atom is -0.324 e. The topological polar surface area (TPSA) is 85.5 Å². The molecule has 0 saturated heterocycles. The number of aromatic nitrogens is 3. The molecule has 3 aromatic heterocycles. The van der Waals surface area contributed by atoms with E-state index in [1.165, 1.54) is 10.9 Å². The Morgan fingerprint density at radius 1 is 0.970 bits per heavy atom. The van der Waals surface area contributed by atoms with Crippen LogP contribution >= 0.6 is 15.9 Å². The van der Waals surface area contributed by atoms with E-state index in [9.17, 15) is 14.4 Å². The summed E-state index contributed by atoms with van der Waals surface area (Å²) >= 11 is 3.37. The maximum Gasteiger partial charge on any atom is 0.263 e. The molecule has 7 nitrogen and oxygen atoms in total. The van der Waals surface area contributed by atoms with Crippen molar-refractivity contribution in [1.29, 1.82) is 0 Å². The minimum absolute atomic E-state index is 0.208. The van der Waals surface area contributed by atoms with E-state index in [0.29, 0.717) is 33.4 Å². The number of nitrogens with one attached hydrogen (secondary N) is 1. The number of ketones is 1. The average molecular weight is 501 g/mol. The molecule has 0 saturated carbocycles. The monoisotopic (exact) mass is 500 g/mol. The molecule has 5 aromatic rings. The molecule has 0 bridgehead atoms. The molecule has 0 aliphatic rings. The van der Waals surface area contributed by atoms with Crippen molar-refractivity contribution in [2.24, 2.45) is 0 Å². The van der Waals surface area contributed by atoms with Gasteiger partial charge in [-0.15, -0.1) is 0 Å². The third-order valence-electron chi connectivity index (χ3n) is 5.29. The highest BCUT2D eigenvalue weighted by molar-refractivity contribution is 9.10. The summed E-state index contributed by atoms with van der Waals surface area (Å²) in [6.45, 7) is -0.208. The molecule has 0 unspecified atom stereocenters. The summed E-state index contributed by atoms with van der Waals surface area (Å²) in [6, 6.07) is 21.4. The Morgan fingerprint density at radius 3 is 2.55 bits per heavy atom. The number of nitrogens with zero attached hydrogens (tertiary/aromatic N) is 3. The highest BCUT2D eigenvalue weighted by Gasteiger charge is 2.23. The van der Waals surface area contributed by atoms with Crippen LogP contribution in [0, 0.1) is 0 Å². The highest BCUT2D eigenvalue weighted by Crippen LogP contribution is 2.25. The van der Waals surface area contributed by atoms with Crippen LogP contribution in [-0.2, 0) is 11.3 Å². The van der Waals surface area contributed by atoms with Crippen LogP contribution in [0.4, 0.5) is 5.69 Å². The number of fused-ring (bicyclic) bond motifs is 3. The van der Waals surface area contributed by atoms with Crippen LogP contribution < -0.4 is 10.9 Å². The Bertz CT molecular complexity index is 1590. The molecule has 0 fully saturated rings. The SMILES string of the molecule is O=C(Cn1cnc2c(C(=O)c3ccccc3)n3ccccc3c2c1=O)Nc1cccc(Br)c1. The molecule has 0 spiro atoms. The fourth-order valence-electron chi connectivity index (χ4n) is 3.83. The summed E-state index contributed by atoms with van der Waals surface area (Å²) in [5, 5.41) is 3.07. The number of hydrogen-bond donors (Lipinski definition) is 1. The first-order valence-corrected chi connectivity index (χ1v) is 11.0. The molecular weight excluding hydrogens is 484 g/mol. The number of halogens is 1. The van der Waals surface area contributed by atoms with E-state index in [1.807, 2.05) is 12.1 Å². The number of carbonyl (C=O) groups is 2. The van der Waals surface area contributed by atoms with Crippen LogP contribution in [-0.4, -0.2) is 25.6 Å². The molecule has 8 heteroatoms. The molecule has 1 amide bonds. The van der Waals surface area contributed by atoms with Crippen molar-refractivity contribution < 1.29 is 9.59 Å². The summed E-state index contributed by atoms with van der Waals surface area (Å²) < 4.78 is 3.76. The third-order valence-corrected chi connectivity index (χ3v) is 5.79. The molecule has 2 aromatic carbocycles. The van der Waals surface area contributed by atoms with E-state index < -0.39 is 0 Å². The summed E-state index contributed by atoms with van der Waals surface area (Å²) in [5.41, 5.74) is 1.91. The van der Waals surface area contributed by atoms with Gasteiger partial charge in [-0.05, 0) is 30.3 Å². The maximum atomic E-state index is 13.4. The summed E-state index contributed by atoms with van der Waals surface area (Å²) in [4.78, 5) is 43.7.